The minimum Gasteiger partial charge on any atom is -0.344 e. The van der Waals surface area contributed by atoms with Crippen LogP contribution in [0.25, 0.3) is 0 Å². The molecule has 0 aromatic heterocycles. The molecule has 6 heavy (non-hydrogen) atoms. The van der Waals surface area contributed by atoms with Gasteiger partial charge in [0.25, 0.3) is 0 Å². The van der Waals surface area contributed by atoms with Crippen molar-refractivity contribution in [3.05, 3.63) is 0 Å². The number of hydrogen-bond acceptors (Lipinski definition) is 2. The first-order valence-corrected chi connectivity index (χ1v) is 1.72. The van der Waals surface area contributed by atoms with Crippen LogP contribution < -0.4 is 6.15 Å². The predicted molar refractivity (Wildman–Crippen MR) is 25.9 cm³/mol. The Balaban J connectivity index is 0. The lowest BCUT2D eigenvalue weighted by Crippen LogP contribution is -1.82. The zero-order valence-electron chi connectivity index (χ0n) is 4.27. The van der Waals surface area contributed by atoms with Crippen molar-refractivity contribution in [2.45, 2.75) is 13.8 Å². The average molecular weight is 89.1 g/mol. The predicted octanol–water partition coefficient (Wildman–Crippen LogP) is 1.00. The first kappa shape index (κ1) is 9.16. The molecule has 0 aliphatic rings. The molecule has 0 saturated carbocycles. The zero-order chi connectivity index (χ0) is 4.28. The highest BCUT2D eigenvalue weighted by Crippen LogP contribution is 1.78. The van der Waals surface area contributed by atoms with E-state index in [4.69, 9.17) is 0 Å². The second kappa shape index (κ2) is 4.63. The maximum Gasteiger partial charge on any atom is 0.122 e. The topological polar surface area (TPSA) is 52.1 Å². The van der Waals surface area contributed by atoms with E-state index in [1.807, 2.05) is 13.8 Å². The molecule has 0 aliphatic carbocycles. The standard InChI is InChI=1S/C4H8O.H3N/c1-4(2)3-5;/h3-4H,1-2H3;1H3. The molecular weight excluding hydrogens is 78.0 g/mol. The second-order valence-corrected chi connectivity index (χ2v) is 1.38. The minimum absolute atomic E-state index is 0. The van der Waals surface area contributed by atoms with Gasteiger partial charge in [0.15, 0.2) is 0 Å². The third-order valence-corrected chi connectivity index (χ3v) is 0.272. The van der Waals surface area contributed by atoms with Crippen LogP contribution >= 0.6 is 0 Å². The van der Waals surface area contributed by atoms with Crippen molar-refractivity contribution in [3.63, 3.8) is 0 Å². The Morgan fingerprint density at radius 2 is 1.67 bits per heavy atom. The SMILES string of the molecule is CC(C)C=O.N. The summed E-state index contributed by atoms with van der Waals surface area (Å²) in [5, 5.41) is 0. The second-order valence-electron chi connectivity index (χ2n) is 1.38. The lowest BCUT2D eigenvalue weighted by molar-refractivity contribution is -0.110. The molecule has 2 heteroatoms. The Hall–Kier alpha value is -0.370. The molecule has 0 spiro atoms. The molecule has 3 N–H and O–H groups in total. The molecule has 0 fully saturated rings. The fourth-order valence-corrected chi connectivity index (χ4v) is 0. The third kappa shape index (κ3) is 9.45. The Labute approximate surface area is 38.1 Å². The molecule has 0 aromatic carbocycles. The van der Waals surface area contributed by atoms with Gasteiger partial charge in [-0.3, -0.25) is 0 Å². The van der Waals surface area contributed by atoms with Gasteiger partial charge in [-0.05, 0) is 0 Å². The maximum atomic E-state index is 9.50. The highest BCUT2D eigenvalue weighted by Gasteiger charge is 1.79. The number of carbonyl (C=O) groups excluding carboxylic acids is 1. The van der Waals surface area contributed by atoms with Crippen molar-refractivity contribution in [3.8, 4) is 0 Å². The van der Waals surface area contributed by atoms with Gasteiger partial charge in [0.1, 0.15) is 6.29 Å². The van der Waals surface area contributed by atoms with Crippen LogP contribution in [0.4, 0.5) is 0 Å². The van der Waals surface area contributed by atoms with Crippen LogP contribution in [0.15, 0.2) is 0 Å². The van der Waals surface area contributed by atoms with Gasteiger partial charge >= 0.3 is 0 Å². The van der Waals surface area contributed by atoms with E-state index in [1.54, 1.807) is 0 Å². The molecule has 0 aliphatic heterocycles. The zero-order valence-corrected chi connectivity index (χ0v) is 4.27. The summed E-state index contributed by atoms with van der Waals surface area (Å²) in [5.74, 6) is 0.204. The van der Waals surface area contributed by atoms with Crippen molar-refractivity contribution >= 4 is 6.29 Å². The Morgan fingerprint density at radius 3 is 1.67 bits per heavy atom. The molecule has 0 unspecified atom stereocenters. The molecule has 0 aromatic rings. The van der Waals surface area contributed by atoms with E-state index in [2.05, 4.69) is 0 Å². The molecule has 38 valence electrons. The Morgan fingerprint density at radius 1 is 1.50 bits per heavy atom. The summed E-state index contributed by atoms with van der Waals surface area (Å²) in [5.41, 5.74) is 0. The normalized spacial score (nSPS) is 7.17. The van der Waals surface area contributed by atoms with Crippen LogP contribution in [0.1, 0.15) is 13.8 Å². The molecule has 0 atom stereocenters. The lowest BCUT2D eigenvalue weighted by atomic mass is 10.3. The quantitative estimate of drug-likeness (QED) is 0.487. The van der Waals surface area contributed by atoms with E-state index in [1.165, 1.54) is 0 Å². The summed E-state index contributed by atoms with van der Waals surface area (Å²) in [4.78, 5) is 9.50. The third-order valence-electron chi connectivity index (χ3n) is 0.272. The molecule has 0 bridgehead atoms. The first-order chi connectivity index (χ1) is 2.27. The summed E-state index contributed by atoms with van der Waals surface area (Å²) in [6.07, 6.45) is 0.917. The molecule has 2 nitrogen and oxygen atoms in total. The summed E-state index contributed by atoms with van der Waals surface area (Å²) in [7, 11) is 0. The molecular formula is C4H11NO. The van der Waals surface area contributed by atoms with E-state index >= 15 is 0 Å². The summed E-state index contributed by atoms with van der Waals surface area (Å²) in [6, 6.07) is 0. The van der Waals surface area contributed by atoms with Gasteiger partial charge in [-0.25, -0.2) is 0 Å². The largest absolute Gasteiger partial charge is 0.344 e. The molecule has 0 radical (unpaired) electrons. The highest BCUT2D eigenvalue weighted by atomic mass is 16.1. The smallest absolute Gasteiger partial charge is 0.122 e. The average Bonchev–Trinajstić information content (AvgIpc) is 1.38. The van der Waals surface area contributed by atoms with Gasteiger partial charge in [0.2, 0.25) is 0 Å². The number of hydrogen-bond donors (Lipinski definition) is 1. The fourth-order valence-electron chi connectivity index (χ4n) is 0. The lowest BCUT2D eigenvalue weighted by Gasteiger charge is -1.78. The number of rotatable bonds is 1. The van der Waals surface area contributed by atoms with Gasteiger partial charge in [-0.2, -0.15) is 0 Å². The minimum atomic E-state index is 0. The van der Waals surface area contributed by atoms with Gasteiger partial charge in [0, 0.05) is 5.92 Å². The van der Waals surface area contributed by atoms with Crippen LogP contribution in [0.3, 0.4) is 0 Å². The number of carbonyl (C=O) groups is 1. The van der Waals surface area contributed by atoms with E-state index in [0.717, 1.165) is 6.29 Å². The van der Waals surface area contributed by atoms with Crippen molar-refractivity contribution in [2.24, 2.45) is 5.92 Å². The fraction of sp³-hybridized carbons (Fsp3) is 0.750. The summed E-state index contributed by atoms with van der Waals surface area (Å²) in [6.45, 7) is 3.71. The summed E-state index contributed by atoms with van der Waals surface area (Å²) >= 11 is 0. The van der Waals surface area contributed by atoms with Crippen LogP contribution in [0, 0.1) is 5.92 Å². The Bertz CT molecular complexity index is 34.5. The van der Waals surface area contributed by atoms with Crippen LogP contribution in [-0.2, 0) is 4.79 Å². The molecule has 0 heterocycles. The van der Waals surface area contributed by atoms with E-state index in [-0.39, 0.29) is 12.1 Å². The molecule has 0 amide bonds. The van der Waals surface area contributed by atoms with Gasteiger partial charge in [-0.15, -0.1) is 0 Å². The van der Waals surface area contributed by atoms with Crippen LogP contribution in [0.5, 0.6) is 0 Å². The van der Waals surface area contributed by atoms with Crippen molar-refractivity contribution in [2.75, 3.05) is 0 Å². The molecule has 0 saturated heterocycles. The van der Waals surface area contributed by atoms with Crippen molar-refractivity contribution < 1.29 is 4.79 Å². The molecule has 0 rings (SSSR count). The van der Waals surface area contributed by atoms with Crippen molar-refractivity contribution in [1.82, 2.24) is 6.15 Å². The van der Waals surface area contributed by atoms with Gasteiger partial charge < -0.3 is 10.9 Å². The van der Waals surface area contributed by atoms with Crippen LogP contribution in [0.2, 0.25) is 0 Å². The highest BCUT2D eigenvalue weighted by molar-refractivity contribution is 5.51. The van der Waals surface area contributed by atoms with Gasteiger partial charge in [-0.1, -0.05) is 13.8 Å². The monoisotopic (exact) mass is 89.1 g/mol. The maximum absolute atomic E-state index is 9.50. The van der Waals surface area contributed by atoms with Gasteiger partial charge in [0.05, 0.1) is 0 Å². The van der Waals surface area contributed by atoms with Crippen LogP contribution in [-0.4, -0.2) is 6.29 Å². The first-order valence-electron chi connectivity index (χ1n) is 1.72. The summed E-state index contributed by atoms with van der Waals surface area (Å²) < 4.78 is 0. The van der Waals surface area contributed by atoms with Crippen molar-refractivity contribution in [1.29, 1.82) is 0 Å². The Kier molecular flexibility index (Phi) is 7.07. The number of aldehydes is 1. The van der Waals surface area contributed by atoms with E-state index in [0.29, 0.717) is 0 Å². The van der Waals surface area contributed by atoms with E-state index in [9.17, 15) is 4.79 Å². The van der Waals surface area contributed by atoms with E-state index < -0.39 is 0 Å².